The van der Waals surface area contributed by atoms with E-state index in [0.29, 0.717) is 24.0 Å². The minimum atomic E-state index is -0.632. The zero-order chi connectivity index (χ0) is 13.3. The molecule has 2 unspecified atom stereocenters. The van der Waals surface area contributed by atoms with E-state index >= 15 is 0 Å². The van der Waals surface area contributed by atoms with Crippen molar-refractivity contribution in [2.75, 3.05) is 25.5 Å². The molecule has 0 aliphatic heterocycles. The quantitative estimate of drug-likeness (QED) is 0.616. The van der Waals surface area contributed by atoms with Crippen LogP contribution in [0.5, 0.6) is 0 Å². The highest BCUT2D eigenvalue weighted by atomic mass is 32.2. The average Bonchev–Trinajstić information content (AvgIpc) is 2.27. The molecule has 0 aliphatic carbocycles. The average molecular weight is 263 g/mol. The summed E-state index contributed by atoms with van der Waals surface area (Å²) in [6.07, 6.45) is 0.699. The van der Waals surface area contributed by atoms with Crippen molar-refractivity contribution in [1.82, 2.24) is 5.32 Å². The number of aliphatic hydroxyl groups excluding tert-OH is 1. The molecule has 4 nitrogen and oxygen atoms in total. The first kappa shape index (κ1) is 16.7. The number of carbonyl (C=O) groups excluding carboxylic acids is 1. The fourth-order valence-electron chi connectivity index (χ4n) is 1.80. The second kappa shape index (κ2) is 8.78. The van der Waals surface area contributed by atoms with Gasteiger partial charge < -0.3 is 15.2 Å². The van der Waals surface area contributed by atoms with Crippen molar-refractivity contribution >= 4 is 17.7 Å². The molecule has 2 N–H and O–H groups in total. The lowest BCUT2D eigenvalue weighted by Gasteiger charge is -2.30. The van der Waals surface area contributed by atoms with Crippen LogP contribution < -0.4 is 5.32 Å². The zero-order valence-corrected chi connectivity index (χ0v) is 12.1. The molecule has 0 aliphatic rings. The highest BCUT2D eigenvalue weighted by Crippen LogP contribution is 2.23. The SMILES string of the molecule is CCNC(C)(CC(C)SCCO)C(=O)OCC. The lowest BCUT2D eigenvalue weighted by Crippen LogP contribution is -2.51. The van der Waals surface area contributed by atoms with Crippen LogP contribution in [0.15, 0.2) is 0 Å². The number of hydrogen-bond acceptors (Lipinski definition) is 5. The van der Waals surface area contributed by atoms with E-state index in [1.165, 1.54) is 0 Å². The molecule has 102 valence electrons. The van der Waals surface area contributed by atoms with E-state index < -0.39 is 5.54 Å². The van der Waals surface area contributed by atoms with Crippen molar-refractivity contribution in [3.8, 4) is 0 Å². The van der Waals surface area contributed by atoms with Crippen molar-refractivity contribution in [2.24, 2.45) is 0 Å². The van der Waals surface area contributed by atoms with E-state index in [-0.39, 0.29) is 12.6 Å². The third kappa shape index (κ3) is 6.29. The molecule has 0 bridgehead atoms. The van der Waals surface area contributed by atoms with Crippen molar-refractivity contribution < 1.29 is 14.6 Å². The van der Waals surface area contributed by atoms with Gasteiger partial charge >= 0.3 is 5.97 Å². The van der Waals surface area contributed by atoms with E-state index in [2.05, 4.69) is 12.2 Å². The predicted molar refractivity (Wildman–Crippen MR) is 72.3 cm³/mol. The Bertz CT molecular complexity index is 226. The van der Waals surface area contributed by atoms with Crippen LogP contribution in [0.3, 0.4) is 0 Å². The molecule has 0 aromatic carbocycles. The van der Waals surface area contributed by atoms with E-state index in [4.69, 9.17) is 9.84 Å². The first-order chi connectivity index (χ1) is 8.00. The van der Waals surface area contributed by atoms with Crippen LogP contribution in [0.4, 0.5) is 0 Å². The number of hydrogen-bond donors (Lipinski definition) is 2. The number of aliphatic hydroxyl groups is 1. The number of carbonyl (C=O) groups is 1. The minimum absolute atomic E-state index is 0.173. The molecule has 0 saturated carbocycles. The maximum Gasteiger partial charge on any atom is 0.326 e. The summed E-state index contributed by atoms with van der Waals surface area (Å²) >= 11 is 1.67. The molecular formula is C12H25NO3S. The first-order valence-corrected chi connectivity index (χ1v) is 7.19. The topological polar surface area (TPSA) is 58.6 Å². The van der Waals surface area contributed by atoms with Gasteiger partial charge in [-0.1, -0.05) is 13.8 Å². The molecule has 0 aromatic heterocycles. The van der Waals surface area contributed by atoms with Crippen molar-refractivity contribution in [2.45, 2.75) is 44.9 Å². The highest BCUT2D eigenvalue weighted by Gasteiger charge is 2.35. The molecule has 0 aromatic rings. The third-order valence-electron chi connectivity index (χ3n) is 2.48. The summed E-state index contributed by atoms with van der Waals surface area (Å²) in [5, 5.41) is 12.3. The van der Waals surface area contributed by atoms with Crippen LogP contribution in [-0.4, -0.2) is 47.4 Å². The van der Waals surface area contributed by atoms with Crippen LogP contribution in [0.25, 0.3) is 0 Å². The van der Waals surface area contributed by atoms with E-state index in [1.807, 2.05) is 20.8 Å². The molecule has 5 heteroatoms. The Morgan fingerprint density at radius 2 is 2.18 bits per heavy atom. The maximum atomic E-state index is 11.9. The van der Waals surface area contributed by atoms with Gasteiger partial charge in [0.25, 0.3) is 0 Å². The van der Waals surface area contributed by atoms with Crippen molar-refractivity contribution in [3.63, 3.8) is 0 Å². The minimum Gasteiger partial charge on any atom is -0.465 e. The molecule has 0 spiro atoms. The van der Waals surface area contributed by atoms with E-state index in [9.17, 15) is 4.79 Å². The van der Waals surface area contributed by atoms with E-state index in [1.54, 1.807) is 11.8 Å². The Hall–Kier alpha value is -0.260. The molecular weight excluding hydrogens is 238 g/mol. The molecule has 0 heterocycles. The van der Waals surface area contributed by atoms with Crippen LogP contribution >= 0.6 is 11.8 Å². The normalized spacial score (nSPS) is 16.3. The van der Waals surface area contributed by atoms with Gasteiger partial charge in [0.05, 0.1) is 13.2 Å². The fourth-order valence-corrected chi connectivity index (χ4v) is 2.75. The van der Waals surface area contributed by atoms with Gasteiger partial charge in [-0.05, 0) is 26.8 Å². The van der Waals surface area contributed by atoms with Crippen LogP contribution in [-0.2, 0) is 9.53 Å². The smallest absolute Gasteiger partial charge is 0.326 e. The number of likely N-dealkylation sites (N-methyl/N-ethyl adjacent to an activating group) is 1. The Morgan fingerprint density at radius 1 is 1.53 bits per heavy atom. The molecule has 17 heavy (non-hydrogen) atoms. The van der Waals surface area contributed by atoms with Gasteiger partial charge in [-0.15, -0.1) is 0 Å². The highest BCUT2D eigenvalue weighted by molar-refractivity contribution is 7.99. The summed E-state index contributed by atoms with van der Waals surface area (Å²) in [6.45, 7) is 9.04. The number of thioether (sulfide) groups is 1. The number of rotatable bonds is 9. The summed E-state index contributed by atoms with van der Waals surface area (Å²) in [6, 6.07) is 0. The number of esters is 1. The molecule has 0 saturated heterocycles. The van der Waals surface area contributed by atoms with Gasteiger partial charge in [-0.2, -0.15) is 11.8 Å². The standard InChI is InChI=1S/C12H25NO3S/c1-5-13-12(4,11(15)16-6-2)9-10(3)17-8-7-14/h10,13-14H,5-9H2,1-4H3. The van der Waals surface area contributed by atoms with Gasteiger partial charge in [-0.25, -0.2) is 0 Å². The Labute approximate surface area is 108 Å². The van der Waals surface area contributed by atoms with Crippen LogP contribution in [0.2, 0.25) is 0 Å². The monoisotopic (exact) mass is 263 g/mol. The molecule has 2 atom stereocenters. The Kier molecular flexibility index (Phi) is 8.64. The molecule has 0 amide bonds. The Balaban J connectivity index is 4.43. The van der Waals surface area contributed by atoms with E-state index in [0.717, 1.165) is 6.54 Å². The van der Waals surface area contributed by atoms with Gasteiger partial charge in [0.1, 0.15) is 5.54 Å². The second-order valence-corrected chi connectivity index (χ2v) is 5.74. The summed E-state index contributed by atoms with van der Waals surface area (Å²) < 4.78 is 5.10. The largest absolute Gasteiger partial charge is 0.465 e. The van der Waals surface area contributed by atoms with Gasteiger partial charge in [0, 0.05) is 11.0 Å². The first-order valence-electron chi connectivity index (χ1n) is 6.14. The van der Waals surface area contributed by atoms with Crippen LogP contribution in [0.1, 0.15) is 34.1 Å². The van der Waals surface area contributed by atoms with Gasteiger partial charge in [0.15, 0.2) is 0 Å². The number of nitrogens with one attached hydrogen (secondary N) is 1. The lowest BCUT2D eigenvalue weighted by atomic mass is 9.96. The molecule has 0 rings (SSSR count). The Morgan fingerprint density at radius 3 is 2.65 bits per heavy atom. The summed E-state index contributed by atoms with van der Waals surface area (Å²) in [5.74, 6) is 0.505. The van der Waals surface area contributed by atoms with Crippen LogP contribution in [0, 0.1) is 0 Å². The zero-order valence-electron chi connectivity index (χ0n) is 11.3. The maximum absolute atomic E-state index is 11.9. The van der Waals surface area contributed by atoms with Crippen molar-refractivity contribution in [1.29, 1.82) is 0 Å². The van der Waals surface area contributed by atoms with Gasteiger partial charge in [0.2, 0.25) is 0 Å². The van der Waals surface area contributed by atoms with Crippen molar-refractivity contribution in [3.05, 3.63) is 0 Å². The second-order valence-electron chi connectivity index (χ2n) is 4.19. The third-order valence-corrected chi connectivity index (χ3v) is 3.64. The summed E-state index contributed by atoms with van der Waals surface area (Å²) in [4.78, 5) is 11.9. The number of ether oxygens (including phenoxy) is 1. The molecule has 0 radical (unpaired) electrons. The predicted octanol–water partition coefficient (Wildman–Crippen LogP) is 1.42. The fraction of sp³-hybridized carbons (Fsp3) is 0.917. The van der Waals surface area contributed by atoms with Gasteiger partial charge in [-0.3, -0.25) is 4.79 Å². The summed E-state index contributed by atoms with van der Waals surface area (Å²) in [7, 11) is 0. The lowest BCUT2D eigenvalue weighted by molar-refractivity contribution is -0.150. The molecule has 0 fully saturated rings. The summed E-state index contributed by atoms with van der Waals surface area (Å²) in [5.41, 5.74) is -0.632.